The molecule has 2 aliphatic carbocycles. The van der Waals surface area contributed by atoms with Crippen LogP contribution in [0.25, 0.3) is 72.1 Å². The standard InChI is InChI=1S/C56H38N2O/c1-35-30-50-54(59-53-25-12-11-24-49(53)56(50)47-22-9-7-20-44(47)45-21-8-10-23-48(45)56)33-46(35)38-17-13-18-41(32-38)55-57-51(37-15-3-2-4-16-37)34-52(58-55)40-28-29-43-39(31-40)27-26-36-14-5-6-19-42(36)43/h2-29,31-35H,30H2,1H3. The van der Waals surface area contributed by atoms with E-state index < -0.39 is 5.41 Å². The van der Waals surface area contributed by atoms with Gasteiger partial charge >= 0.3 is 0 Å². The van der Waals surface area contributed by atoms with Gasteiger partial charge in [0.2, 0.25) is 0 Å². The first-order chi connectivity index (χ1) is 29.1. The number of benzene rings is 8. The second-order valence-corrected chi connectivity index (χ2v) is 16.1. The molecule has 1 aromatic heterocycles. The lowest BCUT2D eigenvalue weighted by atomic mass is 9.62. The number of rotatable bonds is 4. The van der Waals surface area contributed by atoms with Crippen molar-refractivity contribution in [3.05, 3.63) is 228 Å². The Morgan fingerprint density at radius 2 is 1.12 bits per heavy atom. The summed E-state index contributed by atoms with van der Waals surface area (Å²) in [5, 5.41) is 4.93. The summed E-state index contributed by atoms with van der Waals surface area (Å²) in [4.78, 5) is 10.5. The fourth-order valence-electron chi connectivity index (χ4n) is 10.2. The molecule has 0 saturated heterocycles. The predicted octanol–water partition coefficient (Wildman–Crippen LogP) is 13.9. The van der Waals surface area contributed by atoms with Crippen molar-refractivity contribution in [2.24, 2.45) is 5.92 Å². The fourth-order valence-corrected chi connectivity index (χ4v) is 10.2. The van der Waals surface area contributed by atoms with E-state index in [0.29, 0.717) is 5.82 Å². The summed E-state index contributed by atoms with van der Waals surface area (Å²) in [7, 11) is 0. The van der Waals surface area contributed by atoms with Gasteiger partial charge in [-0.3, -0.25) is 0 Å². The van der Waals surface area contributed by atoms with Crippen molar-refractivity contribution in [3.63, 3.8) is 0 Å². The first kappa shape index (κ1) is 33.7. The Morgan fingerprint density at radius 3 is 1.93 bits per heavy atom. The van der Waals surface area contributed by atoms with Crippen molar-refractivity contribution >= 4 is 27.1 Å². The van der Waals surface area contributed by atoms with E-state index >= 15 is 0 Å². The van der Waals surface area contributed by atoms with Crippen LogP contribution in [0.2, 0.25) is 0 Å². The Bertz CT molecular complexity index is 3200. The summed E-state index contributed by atoms with van der Waals surface area (Å²) in [6.07, 6.45) is 3.18. The SMILES string of the molecule is CC1CC2=C(C=C1c1cccc(-c3nc(-c4ccccc4)cc(-c4ccc5c(ccc6ccccc65)c4)n3)c1)Oc1ccccc1C21c2ccccc2-c2ccccc21. The first-order valence-electron chi connectivity index (χ1n) is 20.5. The Morgan fingerprint density at radius 1 is 0.492 bits per heavy atom. The summed E-state index contributed by atoms with van der Waals surface area (Å²) in [5.41, 5.74) is 14.7. The Kier molecular flexibility index (Phi) is 7.49. The van der Waals surface area contributed by atoms with Gasteiger partial charge in [-0.15, -0.1) is 0 Å². The Hall–Kier alpha value is -7.36. The van der Waals surface area contributed by atoms with Gasteiger partial charge in [-0.1, -0.05) is 171 Å². The lowest BCUT2D eigenvalue weighted by Gasteiger charge is -2.43. The molecular weight excluding hydrogens is 717 g/mol. The van der Waals surface area contributed by atoms with Crippen LogP contribution in [0.15, 0.2) is 205 Å². The van der Waals surface area contributed by atoms with Gasteiger partial charge in [-0.05, 0) is 103 Å². The van der Waals surface area contributed by atoms with E-state index in [-0.39, 0.29) is 5.92 Å². The molecule has 0 radical (unpaired) electrons. The molecule has 0 N–H and O–H groups in total. The lowest BCUT2D eigenvalue weighted by molar-refractivity contribution is 0.383. The summed E-state index contributed by atoms with van der Waals surface area (Å²) in [6.45, 7) is 2.36. The van der Waals surface area contributed by atoms with Crippen LogP contribution >= 0.6 is 0 Å². The topological polar surface area (TPSA) is 35.0 Å². The van der Waals surface area contributed by atoms with Gasteiger partial charge in [0, 0.05) is 22.3 Å². The molecule has 8 aromatic carbocycles. The number of fused-ring (bicyclic) bond motifs is 11. The highest BCUT2D eigenvalue weighted by molar-refractivity contribution is 6.08. The molecule has 0 bridgehead atoms. The van der Waals surface area contributed by atoms with Gasteiger partial charge in [-0.2, -0.15) is 0 Å². The zero-order chi connectivity index (χ0) is 39.1. The molecule has 3 aliphatic rings. The van der Waals surface area contributed by atoms with Gasteiger partial charge in [-0.25, -0.2) is 9.97 Å². The van der Waals surface area contributed by atoms with Crippen LogP contribution in [0.5, 0.6) is 5.75 Å². The molecule has 9 aromatic rings. The molecule has 278 valence electrons. The molecule has 1 atom stereocenters. The van der Waals surface area contributed by atoms with Gasteiger partial charge < -0.3 is 4.74 Å². The van der Waals surface area contributed by atoms with Crippen molar-refractivity contribution in [2.45, 2.75) is 18.8 Å². The van der Waals surface area contributed by atoms with Crippen molar-refractivity contribution in [1.82, 2.24) is 9.97 Å². The van der Waals surface area contributed by atoms with Crippen molar-refractivity contribution in [1.29, 1.82) is 0 Å². The summed E-state index contributed by atoms with van der Waals surface area (Å²) in [6, 6.07) is 67.5. The van der Waals surface area contributed by atoms with Crippen molar-refractivity contribution in [2.75, 3.05) is 0 Å². The van der Waals surface area contributed by atoms with Crippen LogP contribution in [-0.4, -0.2) is 9.97 Å². The van der Waals surface area contributed by atoms with Crippen LogP contribution in [0.1, 0.15) is 35.6 Å². The van der Waals surface area contributed by atoms with Crippen LogP contribution in [0.3, 0.4) is 0 Å². The van der Waals surface area contributed by atoms with Crippen LogP contribution in [0, 0.1) is 5.92 Å². The average molecular weight is 755 g/mol. The zero-order valence-electron chi connectivity index (χ0n) is 32.6. The quantitative estimate of drug-likeness (QED) is 0.168. The second kappa shape index (κ2) is 13.1. The molecule has 59 heavy (non-hydrogen) atoms. The van der Waals surface area contributed by atoms with Gasteiger partial charge in [0.25, 0.3) is 0 Å². The van der Waals surface area contributed by atoms with Gasteiger partial charge in [0.05, 0.1) is 16.8 Å². The molecule has 1 aliphatic heterocycles. The molecule has 3 nitrogen and oxygen atoms in total. The number of para-hydroxylation sites is 1. The van der Waals surface area contributed by atoms with E-state index in [1.54, 1.807) is 0 Å². The lowest BCUT2D eigenvalue weighted by Crippen LogP contribution is -2.36. The van der Waals surface area contributed by atoms with Crippen LogP contribution in [-0.2, 0) is 5.41 Å². The van der Waals surface area contributed by atoms with Gasteiger partial charge in [0.15, 0.2) is 5.82 Å². The normalized spacial score (nSPS) is 15.9. The number of aromatic nitrogens is 2. The molecule has 0 saturated carbocycles. The minimum atomic E-state index is -0.423. The van der Waals surface area contributed by atoms with E-state index in [1.807, 2.05) is 6.07 Å². The van der Waals surface area contributed by atoms with Gasteiger partial charge in [0.1, 0.15) is 11.5 Å². The average Bonchev–Trinajstić information content (AvgIpc) is 3.59. The maximum absolute atomic E-state index is 6.93. The number of hydrogen-bond acceptors (Lipinski definition) is 3. The Labute approximate surface area is 343 Å². The monoisotopic (exact) mass is 754 g/mol. The van der Waals surface area contributed by atoms with E-state index in [1.165, 1.54) is 60.5 Å². The third-order valence-electron chi connectivity index (χ3n) is 12.8. The molecule has 3 heteroatoms. The number of hydrogen-bond donors (Lipinski definition) is 0. The minimum Gasteiger partial charge on any atom is -0.457 e. The number of nitrogens with zero attached hydrogens (tertiary/aromatic N) is 2. The zero-order valence-corrected chi connectivity index (χ0v) is 32.6. The molecule has 2 heterocycles. The molecule has 1 spiro atoms. The molecule has 0 amide bonds. The fraction of sp³-hybridized carbons (Fsp3) is 0.0714. The third-order valence-corrected chi connectivity index (χ3v) is 12.8. The largest absolute Gasteiger partial charge is 0.457 e. The summed E-state index contributed by atoms with van der Waals surface area (Å²) < 4.78 is 6.93. The highest BCUT2D eigenvalue weighted by Crippen LogP contribution is 2.62. The predicted molar refractivity (Wildman–Crippen MR) is 241 cm³/mol. The van der Waals surface area contributed by atoms with E-state index in [4.69, 9.17) is 14.7 Å². The molecular formula is C56H38N2O. The van der Waals surface area contributed by atoms with Crippen molar-refractivity contribution in [3.8, 4) is 50.8 Å². The smallest absolute Gasteiger partial charge is 0.160 e. The molecule has 1 unspecified atom stereocenters. The molecule has 0 fully saturated rings. The first-order valence-corrected chi connectivity index (χ1v) is 20.5. The van der Waals surface area contributed by atoms with Crippen LogP contribution < -0.4 is 4.74 Å². The number of allylic oxidation sites excluding steroid dienone is 3. The summed E-state index contributed by atoms with van der Waals surface area (Å²) >= 11 is 0. The van der Waals surface area contributed by atoms with Crippen LogP contribution in [0.4, 0.5) is 0 Å². The van der Waals surface area contributed by atoms with Crippen molar-refractivity contribution < 1.29 is 4.74 Å². The highest BCUT2D eigenvalue weighted by atomic mass is 16.5. The van der Waals surface area contributed by atoms with E-state index in [2.05, 4.69) is 195 Å². The van der Waals surface area contributed by atoms with E-state index in [9.17, 15) is 0 Å². The second-order valence-electron chi connectivity index (χ2n) is 16.1. The Balaban J connectivity index is 0.997. The molecule has 12 rings (SSSR count). The maximum Gasteiger partial charge on any atom is 0.160 e. The number of ether oxygens (including phenoxy) is 1. The maximum atomic E-state index is 6.93. The summed E-state index contributed by atoms with van der Waals surface area (Å²) in [5.74, 6) is 2.79. The highest BCUT2D eigenvalue weighted by Gasteiger charge is 2.52. The minimum absolute atomic E-state index is 0.232. The van der Waals surface area contributed by atoms with E-state index in [0.717, 1.165) is 51.6 Å². The third kappa shape index (κ3) is 5.14.